The Kier molecular flexibility index (Phi) is 5.51. The molecule has 0 bridgehead atoms. The predicted octanol–water partition coefficient (Wildman–Crippen LogP) is 2.64. The molecule has 1 aliphatic heterocycles. The van der Waals surface area contributed by atoms with E-state index in [9.17, 15) is 14.4 Å². The maximum atomic E-state index is 15.2. The van der Waals surface area contributed by atoms with Crippen LogP contribution in [0.2, 0.25) is 0 Å². The van der Waals surface area contributed by atoms with Gasteiger partial charge in [0.25, 0.3) is 5.56 Å². The third kappa shape index (κ3) is 3.54. The van der Waals surface area contributed by atoms with Gasteiger partial charge in [0.1, 0.15) is 36.6 Å². The average Bonchev–Trinajstić information content (AvgIpc) is 2.78. The molecule has 1 fully saturated rings. The summed E-state index contributed by atoms with van der Waals surface area (Å²) in [6.45, 7) is 5.15. The van der Waals surface area contributed by atoms with Gasteiger partial charge >= 0.3 is 0 Å². The van der Waals surface area contributed by atoms with E-state index in [4.69, 9.17) is 7.85 Å². The molecule has 0 amide bonds. The molecule has 9 heteroatoms. The molecular formula is C23H22BF2N5O. The van der Waals surface area contributed by atoms with Crippen LogP contribution in [0.1, 0.15) is 25.1 Å². The van der Waals surface area contributed by atoms with Gasteiger partial charge in [-0.3, -0.25) is 9.69 Å². The van der Waals surface area contributed by atoms with Crippen molar-refractivity contribution in [2.75, 3.05) is 24.5 Å². The maximum absolute atomic E-state index is 15.2. The van der Waals surface area contributed by atoms with Crippen molar-refractivity contribution in [1.29, 1.82) is 5.26 Å². The number of benzene rings is 1. The number of halogens is 2. The fraction of sp³-hybridized carbons (Fsp3) is 0.348. The molecule has 6 nitrogen and oxygen atoms in total. The fourth-order valence-corrected chi connectivity index (χ4v) is 4.36. The normalized spacial score (nSPS) is 19.0. The van der Waals surface area contributed by atoms with Gasteiger partial charge in [0.05, 0.1) is 5.52 Å². The van der Waals surface area contributed by atoms with Crippen molar-refractivity contribution in [3.05, 3.63) is 69.6 Å². The topological polar surface area (TPSA) is 65.2 Å². The van der Waals surface area contributed by atoms with Crippen molar-refractivity contribution in [3.8, 4) is 6.07 Å². The SMILES string of the molecule is [B]C(C)(c1ccc(F)cc1)N1CCN(c2c(F)c(=O)n(C)c3ccc(C#N)nc23)[C@@H](C)C1. The highest BCUT2D eigenvalue weighted by molar-refractivity contribution is 6.15. The summed E-state index contributed by atoms with van der Waals surface area (Å²) in [5, 5.41) is 9.26. The predicted molar refractivity (Wildman–Crippen MR) is 120 cm³/mol. The molecule has 0 aliphatic carbocycles. The molecule has 1 aliphatic rings. The molecular weight excluding hydrogens is 411 g/mol. The van der Waals surface area contributed by atoms with Gasteiger partial charge in [-0.2, -0.15) is 9.65 Å². The quantitative estimate of drug-likeness (QED) is 0.595. The Morgan fingerprint density at radius 1 is 1.19 bits per heavy atom. The Hall–Kier alpha value is -3.25. The van der Waals surface area contributed by atoms with E-state index in [-0.39, 0.29) is 28.8 Å². The molecule has 0 spiro atoms. The number of nitriles is 1. The van der Waals surface area contributed by atoms with Crippen LogP contribution in [0.3, 0.4) is 0 Å². The summed E-state index contributed by atoms with van der Waals surface area (Å²) in [5.74, 6) is -1.23. The van der Waals surface area contributed by atoms with E-state index in [1.165, 1.54) is 29.8 Å². The number of anilines is 1. The number of hydrogen-bond donors (Lipinski definition) is 0. The third-order valence-corrected chi connectivity index (χ3v) is 6.27. The van der Waals surface area contributed by atoms with Gasteiger partial charge in [-0.25, -0.2) is 9.37 Å². The summed E-state index contributed by atoms with van der Waals surface area (Å²) in [6, 6.07) is 11.0. The number of aromatic nitrogens is 2. The lowest BCUT2D eigenvalue weighted by Crippen LogP contribution is -2.58. The zero-order valence-electron chi connectivity index (χ0n) is 18.1. The van der Waals surface area contributed by atoms with Crippen molar-refractivity contribution in [2.45, 2.75) is 25.3 Å². The van der Waals surface area contributed by atoms with Crippen LogP contribution >= 0.6 is 0 Å². The van der Waals surface area contributed by atoms with Crippen LogP contribution in [0.15, 0.2) is 41.2 Å². The van der Waals surface area contributed by atoms with E-state index in [2.05, 4.69) is 9.88 Å². The summed E-state index contributed by atoms with van der Waals surface area (Å²) >= 11 is 0. The molecule has 1 aromatic carbocycles. The van der Waals surface area contributed by atoms with Crippen LogP contribution in [-0.2, 0) is 12.5 Å². The fourth-order valence-electron chi connectivity index (χ4n) is 4.36. The minimum Gasteiger partial charge on any atom is -0.362 e. The molecule has 0 saturated carbocycles. The Morgan fingerprint density at radius 3 is 2.50 bits per heavy atom. The first-order chi connectivity index (χ1) is 15.1. The van der Waals surface area contributed by atoms with Crippen LogP contribution in [0.4, 0.5) is 14.5 Å². The van der Waals surface area contributed by atoms with Gasteiger partial charge in [0.2, 0.25) is 5.82 Å². The lowest BCUT2D eigenvalue weighted by molar-refractivity contribution is 0.144. The number of pyridine rings is 2. The molecule has 32 heavy (non-hydrogen) atoms. The van der Waals surface area contributed by atoms with Gasteiger partial charge in [0.15, 0.2) is 0 Å². The molecule has 3 aromatic rings. The maximum Gasteiger partial charge on any atom is 0.289 e. The summed E-state index contributed by atoms with van der Waals surface area (Å²) in [6.07, 6.45) is 0. The number of piperazine rings is 1. The second-order valence-electron chi connectivity index (χ2n) is 8.35. The molecule has 1 unspecified atom stereocenters. The van der Waals surface area contributed by atoms with Gasteiger partial charge in [-0.15, -0.1) is 0 Å². The van der Waals surface area contributed by atoms with Crippen molar-refractivity contribution in [3.63, 3.8) is 0 Å². The molecule has 3 heterocycles. The van der Waals surface area contributed by atoms with E-state index < -0.39 is 16.8 Å². The minimum absolute atomic E-state index is 0.104. The highest BCUT2D eigenvalue weighted by atomic mass is 19.1. The summed E-state index contributed by atoms with van der Waals surface area (Å²) < 4.78 is 29.8. The van der Waals surface area contributed by atoms with Crippen molar-refractivity contribution >= 4 is 24.6 Å². The van der Waals surface area contributed by atoms with E-state index >= 15 is 4.39 Å². The molecule has 0 N–H and O–H groups in total. The average molecular weight is 433 g/mol. The van der Waals surface area contributed by atoms with Gasteiger partial charge < -0.3 is 9.47 Å². The van der Waals surface area contributed by atoms with Crippen molar-refractivity contribution < 1.29 is 8.78 Å². The number of aryl methyl sites for hydroxylation is 1. The molecule has 4 rings (SSSR count). The largest absolute Gasteiger partial charge is 0.362 e. The first-order valence-corrected chi connectivity index (χ1v) is 10.3. The van der Waals surface area contributed by atoms with Crippen LogP contribution in [0, 0.1) is 23.0 Å². The number of hydrogen-bond acceptors (Lipinski definition) is 5. The summed E-state index contributed by atoms with van der Waals surface area (Å²) in [4.78, 5) is 20.7. The molecule has 2 radical (unpaired) electrons. The van der Waals surface area contributed by atoms with Crippen LogP contribution < -0.4 is 10.5 Å². The zero-order valence-corrected chi connectivity index (χ0v) is 18.1. The smallest absolute Gasteiger partial charge is 0.289 e. The van der Waals surface area contributed by atoms with Crippen LogP contribution in [0.5, 0.6) is 0 Å². The first kappa shape index (κ1) is 22.0. The monoisotopic (exact) mass is 433 g/mol. The minimum atomic E-state index is -0.892. The van der Waals surface area contributed by atoms with Crippen molar-refractivity contribution in [1.82, 2.24) is 14.5 Å². The highest BCUT2D eigenvalue weighted by Crippen LogP contribution is 2.33. The highest BCUT2D eigenvalue weighted by Gasteiger charge is 2.36. The Bertz CT molecular complexity index is 1280. The second-order valence-corrected chi connectivity index (χ2v) is 8.35. The molecule has 162 valence electrons. The van der Waals surface area contributed by atoms with Crippen LogP contribution in [-0.4, -0.2) is 48.0 Å². The summed E-state index contributed by atoms with van der Waals surface area (Å²) in [7, 11) is 8.10. The van der Waals surface area contributed by atoms with Gasteiger partial charge in [-0.05, 0) is 36.8 Å². The van der Waals surface area contributed by atoms with E-state index in [1.54, 1.807) is 18.2 Å². The Labute approximate surface area is 186 Å². The van der Waals surface area contributed by atoms with E-state index in [0.717, 1.165) is 5.56 Å². The Balaban J connectivity index is 1.72. The summed E-state index contributed by atoms with van der Waals surface area (Å²) in [5.41, 5.74) is 0.150. The zero-order chi connectivity index (χ0) is 23.2. The number of fused-ring (bicyclic) bond motifs is 1. The second kappa shape index (κ2) is 8.03. The van der Waals surface area contributed by atoms with E-state index in [0.29, 0.717) is 25.2 Å². The third-order valence-electron chi connectivity index (χ3n) is 6.27. The van der Waals surface area contributed by atoms with Gasteiger partial charge in [0, 0.05) is 38.2 Å². The van der Waals surface area contributed by atoms with E-state index in [1.807, 2.05) is 24.8 Å². The first-order valence-electron chi connectivity index (χ1n) is 10.3. The van der Waals surface area contributed by atoms with Crippen molar-refractivity contribution in [2.24, 2.45) is 7.05 Å². The number of rotatable bonds is 3. The number of nitrogens with zero attached hydrogens (tertiary/aromatic N) is 5. The molecule has 2 atom stereocenters. The standard InChI is InChI=1S/C23H22BF2N5O/c1-14-13-30(23(2,24)15-4-6-16(25)7-5-15)10-11-31(14)21-19(26)22(32)29(3)18-9-8-17(12-27)28-20(18)21/h4-9,14H,10-11,13H2,1-3H3/t14-,23?/m0/s1. The lowest BCUT2D eigenvalue weighted by Gasteiger charge is -2.48. The molecule has 1 saturated heterocycles. The lowest BCUT2D eigenvalue weighted by atomic mass is 9.71. The molecule has 2 aromatic heterocycles. The van der Waals surface area contributed by atoms with Crippen LogP contribution in [0.25, 0.3) is 11.0 Å². The van der Waals surface area contributed by atoms with Gasteiger partial charge in [-0.1, -0.05) is 19.1 Å². The Morgan fingerprint density at radius 2 is 1.88 bits per heavy atom.